The summed E-state index contributed by atoms with van der Waals surface area (Å²) in [5, 5.41) is 2.96. The fourth-order valence-electron chi connectivity index (χ4n) is 3.18. The van der Waals surface area contributed by atoms with Crippen molar-refractivity contribution in [3.8, 4) is 0 Å². The first-order valence-electron chi connectivity index (χ1n) is 9.60. The van der Waals surface area contributed by atoms with Crippen LogP contribution >= 0.6 is 0 Å². The minimum absolute atomic E-state index is 0.0322. The average molecular weight is 367 g/mol. The van der Waals surface area contributed by atoms with Gasteiger partial charge in [-0.15, -0.1) is 0 Å². The summed E-state index contributed by atoms with van der Waals surface area (Å²) in [7, 11) is 0. The lowest BCUT2D eigenvalue weighted by Crippen LogP contribution is -2.50. The van der Waals surface area contributed by atoms with Crippen molar-refractivity contribution in [2.24, 2.45) is 0 Å². The van der Waals surface area contributed by atoms with Crippen molar-refractivity contribution in [1.82, 2.24) is 10.2 Å². The van der Waals surface area contributed by atoms with Gasteiger partial charge in [0.25, 0.3) is 0 Å². The van der Waals surface area contributed by atoms with Crippen LogP contribution in [-0.2, 0) is 22.6 Å². The van der Waals surface area contributed by atoms with Crippen molar-refractivity contribution < 1.29 is 9.59 Å². The Kier molecular flexibility index (Phi) is 7.59. The molecule has 2 rings (SSSR count). The average Bonchev–Trinajstić information content (AvgIpc) is 2.61. The summed E-state index contributed by atoms with van der Waals surface area (Å²) >= 11 is 0. The Balaban J connectivity index is 2.26. The van der Waals surface area contributed by atoms with E-state index >= 15 is 0 Å². The van der Waals surface area contributed by atoms with E-state index in [0.29, 0.717) is 19.4 Å². The van der Waals surface area contributed by atoms with Gasteiger partial charge in [-0.1, -0.05) is 67.1 Å². The molecule has 2 aromatic carbocycles. The van der Waals surface area contributed by atoms with Crippen molar-refractivity contribution in [2.45, 2.75) is 59.2 Å². The smallest absolute Gasteiger partial charge is 0.243 e. The highest BCUT2D eigenvalue weighted by molar-refractivity contribution is 5.88. The molecule has 144 valence electrons. The van der Waals surface area contributed by atoms with Crippen LogP contribution in [0.15, 0.2) is 54.6 Å². The molecule has 4 nitrogen and oxygen atoms in total. The van der Waals surface area contributed by atoms with Gasteiger partial charge in [0, 0.05) is 12.6 Å². The number of aryl methyl sites for hydroxylation is 1. The lowest BCUT2D eigenvalue weighted by molar-refractivity contribution is -0.141. The Labute approximate surface area is 162 Å². The van der Waals surface area contributed by atoms with E-state index in [4.69, 9.17) is 0 Å². The summed E-state index contributed by atoms with van der Waals surface area (Å²) in [5.74, 6) is -0.128. The monoisotopic (exact) mass is 366 g/mol. The van der Waals surface area contributed by atoms with Crippen LogP contribution in [0.2, 0.25) is 0 Å². The fraction of sp³-hybridized carbons (Fsp3) is 0.391. The predicted octanol–water partition coefficient (Wildman–Crippen LogP) is 3.87. The van der Waals surface area contributed by atoms with E-state index in [0.717, 1.165) is 16.7 Å². The minimum atomic E-state index is -0.482. The Hall–Kier alpha value is -2.62. The van der Waals surface area contributed by atoms with Crippen LogP contribution in [0.1, 0.15) is 43.9 Å². The standard InChI is InChI=1S/C23H30N2O2/c1-5-21(23(27)24-17(2)3)25(16-19-11-7-6-8-12-19)22(26)15-20-13-9-10-18(4)14-20/h6-14,17,21H,5,15-16H2,1-4H3,(H,24,27). The van der Waals surface area contributed by atoms with Gasteiger partial charge in [0.15, 0.2) is 0 Å². The van der Waals surface area contributed by atoms with E-state index in [-0.39, 0.29) is 17.9 Å². The number of hydrogen-bond donors (Lipinski definition) is 1. The van der Waals surface area contributed by atoms with Gasteiger partial charge >= 0.3 is 0 Å². The third-order valence-electron chi connectivity index (χ3n) is 4.45. The molecule has 0 aliphatic rings. The van der Waals surface area contributed by atoms with Crippen LogP contribution in [0.4, 0.5) is 0 Å². The Bertz CT molecular complexity index is 756. The van der Waals surface area contributed by atoms with Gasteiger partial charge in [0.05, 0.1) is 6.42 Å². The number of carbonyl (C=O) groups excluding carboxylic acids is 2. The number of nitrogens with zero attached hydrogens (tertiary/aromatic N) is 1. The second-order valence-corrected chi connectivity index (χ2v) is 7.26. The van der Waals surface area contributed by atoms with Crippen LogP contribution in [0.5, 0.6) is 0 Å². The minimum Gasteiger partial charge on any atom is -0.352 e. The maximum absolute atomic E-state index is 13.2. The van der Waals surface area contributed by atoms with E-state index in [9.17, 15) is 9.59 Å². The van der Waals surface area contributed by atoms with E-state index in [2.05, 4.69) is 5.32 Å². The highest BCUT2D eigenvalue weighted by Crippen LogP contribution is 2.15. The van der Waals surface area contributed by atoms with E-state index in [1.807, 2.05) is 82.3 Å². The number of hydrogen-bond acceptors (Lipinski definition) is 2. The lowest BCUT2D eigenvalue weighted by Gasteiger charge is -2.31. The number of benzene rings is 2. The number of rotatable bonds is 8. The first-order valence-corrected chi connectivity index (χ1v) is 9.60. The normalized spacial score (nSPS) is 11.9. The molecule has 4 heteroatoms. The SMILES string of the molecule is CCC(C(=O)NC(C)C)N(Cc1ccccc1)C(=O)Cc1cccc(C)c1. The molecule has 1 unspecified atom stereocenters. The second kappa shape index (κ2) is 9.91. The summed E-state index contributed by atoms with van der Waals surface area (Å²) in [6, 6.07) is 17.3. The zero-order valence-electron chi connectivity index (χ0n) is 16.7. The second-order valence-electron chi connectivity index (χ2n) is 7.26. The zero-order valence-corrected chi connectivity index (χ0v) is 16.7. The first kappa shape index (κ1) is 20.7. The summed E-state index contributed by atoms with van der Waals surface area (Å²) in [6.45, 7) is 8.25. The van der Waals surface area contributed by atoms with Crippen LogP contribution < -0.4 is 5.32 Å². The molecule has 1 atom stereocenters. The molecule has 2 amide bonds. The third-order valence-corrected chi connectivity index (χ3v) is 4.45. The molecule has 0 aromatic heterocycles. The Morgan fingerprint density at radius 1 is 1.00 bits per heavy atom. The molecule has 0 saturated carbocycles. The maximum Gasteiger partial charge on any atom is 0.243 e. The molecular weight excluding hydrogens is 336 g/mol. The molecule has 0 fully saturated rings. The fourth-order valence-corrected chi connectivity index (χ4v) is 3.18. The van der Waals surface area contributed by atoms with Crippen LogP contribution in [-0.4, -0.2) is 28.8 Å². The predicted molar refractivity (Wildman–Crippen MR) is 109 cm³/mol. The quantitative estimate of drug-likeness (QED) is 0.771. The Morgan fingerprint density at radius 3 is 2.26 bits per heavy atom. The van der Waals surface area contributed by atoms with E-state index < -0.39 is 6.04 Å². The molecular formula is C23H30N2O2. The highest BCUT2D eigenvalue weighted by Gasteiger charge is 2.28. The topological polar surface area (TPSA) is 49.4 Å². The number of carbonyl (C=O) groups is 2. The zero-order chi connectivity index (χ0) is 19.8. The molecule has 0 bridgehead atoms. The number of nitrogens with one attached hydrogen (secondary N) is 1. The lowest BCUT2D eigenvalue weighted by atomic mass is 10.0. The summed E-state index contributed by atoms with van der Waals surface area (Å²) in [6.07, 6.45) is 0.866. The van der Waals surface area contributed by atoms with Crippen molar-refractivity contribution in [3.63, 3.8) is 0 Å². The van der Waals surface area contributed by atoms with Crippen molar-refractivity contribution in [2.75, 3.05) is 0 Å². The Morgan fingerprint density at radius 2 is 1.67 bits per heavy atom. The molecule has 0 aliphatic heterocycles. The van der Waals surface area contributed by atoms with Gasteiger partial charge < -0.3 is 10.2 Å². The van der Waals surface area contributed by atoms with Gasteiger partial charge in [-0.25, -0.2) is 0 Å². The third kappa shape index (κ3) is 6.24. The summed E-state index contributed by atoms with van der Waals surface area (Å²) < 4.78 is 0. The van der Waals surface area contributed by atoms with Gasteiger partial charge in [-0.2, -0.15) is 0 Å². The molecule has 0 spiro atoms. The van der Waals surface area contributed by atoms with Gasteiger partial charge in [0.2, 0.25) is 11.8 Å². The molecule has 1 N–H and O–H groups in total. The summed E-state index contributed by atoms with van der Waals surface area (Å²) in [4.78, 5) is 27.6. The van der Waals surface area contributed by atoms with Crippen LogP contribution in [0.3, 0.4) is 0 Å². The molecule has 0 saturated heterocycles. The van der Waals surface area contributed by atoms with Crippen molar-refractivity contribution in [1.29, 1.82) is 0 Å². The molecule has 0 heterocycles. The largest absolute Gasteiger partial charge is 0.352 e. The molecule has 0 radical (unpaired) electrons. The molecule has 2 aromatic rings. The number of amides is 2. The maximum atomic E-state index is 13.2. The van der Waals surface area contributed by atoms with Gasteiger partial charge in [0.1, 0.15) is 6.04 Å². The molecule has 27 heavy (non-hydrogen) atoms. The van der Waals surface area contributed by atoms with E-state index in [1.54, 1.807) is 4.90 Å². The van der Waals surface area contributed by atoms with Crippen LogP contribution in [0.25, 0.3) is 0 Å². The van der Waals surface area contributed by atoms with Gasteiger partial charge in [-0.3, -0.25) is 9.59 Å². The van der Waals surface area contributed by atoms with Crippen molar-refractivity contribution >= 4 is 11.8 Å². The van der Waals surface area contributed by atoms with E-state index in [1.165, 1.54) is 0 Å². The van der Waals surface area contributed by atoms with Crippen molar-refractivity contribution in [3.05, 3.63) is 71.3 Å². The van der Waals surface area contributed by atoms with Gasteiger partial charge in [-0.05, 0) is 38.3 Å². The molecule has 0 aliphatic carbocycles. The summed E-state index contributed by atoms with van der Waals surface area (Å²) in [5.41, 5.74) is 3.11. The van der Waals surface area contributed by atoms with Crippen LogP contribution in [0, 0.1) is 6.92 Å². The highest BCUT2D eigenvalue weighted by atomic mass is 16.2. The first-order chi connectivity index (χ1) is 12.9.